The molecule has 0 amide bonds. The third kappa shape index (κ3) is 9.87. The maximum absolute atomic E-state index is 12.3. The third-order valence-electron chi connectivity index (χ3n) is 5.22. The molecule has 33 heavy (non-hydrogen) atoms. The number of esters is 1. The molecule has 0 unspecified atom stereocenters. The summed E-state index contributed by atoms with van der Waals surface area (Å²) in [5.74, 6) is 1.24. The van der Waals surface area contributed by atoms with Crippen LogP contribution in [0.1, 0.15) is 76.1 Å². The summed E-state index contributed by atoms with van der Waals surface area (Å²) in [6, 6.07) is 13.5. The Labute approximate surface area is 199 Å². The number of ether oxygens (including phenoxy) is 4. The van der Waals surface area contributed by atoms with Crippen molar-refractivity contribution < 1.29 is 23.7 Å². The van der Waals surface area contributed by atoms with Crippen molar-refractivity contribution in [3.63, 3.8) is 0 Å². The van der Waals surface area contributed by atoms with Gasteiger partial charge in [0, 0.05) is 19.6 Å². The molecule has 0 aliphatic rings. The van der Waals surface area contributed by atoms with E-state index in [4.69, 9.17) is 18.9 Å². The second kappa shape index (κ2) is 16.1. The van der Waals surface area contributed by atoms with Crippen LogP contribution < -0.4 is 9.47 Å². The van der Waals surface area contributed by atoms with Gasteiger partial charge in [-0.1, -0.05) is 58.2 Å². The first kappa shape index (κ1) is 26.7. The van der Waals surface area contributed by atoms with Crippen molar-refractivity contribution in [1.82, 2.24) is 0 Å². The number of benzene rings is 2. The summed E-state index contributed by atoms with van der Waals surface area (Å²) in [6.07, 6.45) is 7.07. The van der Waals surface area contributed by atoms with Crippen molar-refractivity contribution in [2.75, 3.05) is 33.0 Å². The van der Waals surface area contributed by atoms with Crippen LogP contribution in [0.15, 0.2) is 42.5 Å². The van der Waals surface area contributed by atoms with E-state index in [-0.39, 0.29) is 5.97 Å². The smallest absolute Gasteiger partial charge is 0.338 e. The Balaban J connectivity index is 1.96. The van der Waals surface area contributed by atoms with Crippen LogP contribution in [-0.2, 0) is 9.47 Å². The lowest BCUT2D eigenvalue weighted by molar-refractivity contribution is 0.0444. The second-order valence-electron chi connectivity index (χ2n) is 8.10. The van der Waals surface area contributed by atoms with Gasteiger partial charge in [0.25, 0.3) is 0 Å². The summed E-state index contributed by atoms with van der Waals surface area (Å²) in [5, 5.41) is 0. The van der Waals surface area contributed by atoms with Crippen LogP contribution in [0.2, 0.25) is 0 Å². The SMILES string of the molecule is CCCCOCCCOC(=O)c1ccc(-c2ccc(OCCCC)c(OCCCC)c2)cc1. The van der Waals surface area contributed by atoms with Gasteiger partial charge in [0.15, 0.2) is 11.5 Å². The first-order chi connectivity index (χ1) is 16.2. The molecule has 5 heteroatoms. The maximum Gasteiger partial charge on any atom is 0.338 e. The van der Waals surface area contributed by atoms with E-state index >= 15 is 0 Å². The van der Waals surface area contributed by atoms with Crippen LogP contribution in [0, 0.1) is 0 Å². The molecule has 0 spiro atoms. The van der Waals surface area contributed by atoms with Crippen LogP contribution in [0.25, 0.3) is 11.1 Å². The fraction of sp³-hybridized carbons (Fsp3) is 0.536. The number of hydrogen-bond acceptors (Lipinski definition) is 5. The Morgan fingerprint density at radius 1 is 0.636 bits per heavy atom. The third-order valence-corrected chi connectivity index (χ3v) is 5.22. The Bertz CT molecular complexity index is 800. The highest BCUT2D eigenvalue weighted by atomic mass is 16.5. The highest BCUT2D eigenvalue weighted by Crippen LogP contribution is 2.33. The van der Waals surface area contributed by atoms with Crippen LogP contribution in [0.5, 0.6) is 11.5 Å². The van der Waals surface area contributed by atoms with Gasteiger partial charge in [-0.25, -0.2) is 4.79 Å². The van der Waals surface area contributed by atoms with E-state index in [1.165, 1.54) is 0 Å². The molecule has 0 saturated heterocycles. The molecular weight excluding hydrogens is 416 g/mol. The van der Waals surface area contributed by atoms with E-state index in [1.807, 2.05) is 30.3 Å². The quantitative estimate of drug-likeness (QED) is 0.188. The van der Waals surface area contributed by atoms with E-state index in [0.29, 0.717) is 38.4 Å². The van der Waals surface area contributed by atoms with Crippen molar-refractivity contribution in [3.05, 3.63) is 48.0 Å². The molecule has 0 fully saturated rings. The summed E-state index contributed by atoms with van der Waals surface area (Å²) in [5.41, 5.74) is 2.58. The molecule has 0 aromatic heterocycles. The standard InChI is InChI=1S/C28H40O5/c1-4-7-17-30-18-10-21-33-28(29)24-13-11-23(12-14-24)25-15-16-26(31-19-8-5-2)27(22-25)32-20-9-6-3/h11-16,22H,4-10,17-21H2,1-3H3. The normalized spacial score (nSPS) is 10.8. The van der Waals surface area contributed by atoms with Gasteiger partial charge in [-0.3, -0.25) is 0 Å². The van der Waals surface area contributed by atoms with E-state index in [9.17, 15) is 4.79 Å². The average molecular weight is 457 g/mol. The zero-order valence-corrected chi connectivity index (χ0v) is 20.6. The van der Waals surface area contributed by atoms with Crippen molar-refractivity contribution in [2.45, 2.75) is 65.7 Å². The molecule has 0 saturated carbocycles. The molecule has 0 aliphatic carbocycles. The lowest BCUT2D eigenvalue weighted by Gasteiger charge is -2.14. The number of hydrogen-bond donors (Lipinski definition) is 0. The molecule has 2 aromatic rings. The number of rotatable bonds is 17. The van der Waals surface area contributed by atoms with Crippen molar-refractivity contribution >= 4 is 5.97 Å². The number of carbonyl (C=O) groups is 1. The summed E-state index contributed by atoms with van der Waals surface area (Å²) >= 11 is 0. The fourth-order valence-corrected chi connectivity index (χ4v) is 3.13. The van der Waals surface area contributed by atoms with Gasteiger partial charge in [0.05, 0.1) is 25.4 Å². The van der Waals surface area contributed by atoms with Gasteiger partial charge in [-0.15, -0.1) is 0 Å². The minimum absolute atomic E-state index is 0.307. The lowest BCUT2D eigenvalue weighted by Crippen LogP contribution is -2.08. The molecule has 182 valence electrons. The molecule has 0 N–H and O–H groups in total. The van der Waals surface area contributed by atoms with Crippen molar-refractivity contribution in [2.24, 2.45) is 0 Å². The number of carbonyl (C=O) groups excluding carboxylic acids is 1. The molecule has 2 aromatic carbocycles. The number of unbranched alkanes of at least 4 members (excludes halogenated alkanes) is 3. The van der Waals surface area contributed by atoms with Crippen LogP contribution in [0.3, 0.4) is 0 Å². The highest BCUT2D eigenvalue weighted by molar-refractivity contribution is 5.90. The minimum atomic E-state index is -0.307. The largest absolute Gasteiger partial charge is 0.490 e. The molecular formula is C28H40O5. The molecule has 0 heterocycles. The van der Waals surface area contributed by atoms with Crippen LogP contribution >= 0.6 is 0 Å². The Kier molecular flexibility index (Phi) is 13.1. The maximum atomic E-state index is 12.3. The molecule has 0 atom stereocenters. The van der Waals surface area contributed by atoms with E-state index in [1.54, 1.807) is 12.1 Å². The van der Waals surface area contributed by atoms with Crippen molar-refractivity contribution in [3.8, 4) is 22.6 Å². The average Bonchev–Trinajstić information content (AvgIpc) is 2.84. The first-order valence-corrected chi connectivity index (χ1v) is 12.4. The monoisotopic (exact) mass is 456 g/mol. The van der Waals surface area contributed by atoms with Gasteiger partial charge >= 0.3 is 5.97 Å². The minimum Gasteiger partial charge on any atom is -0.490 e. The van der Waals surface area contributed by atoms with Gasteiger partial charge in [0.2, 0.25) is 0 Å². The molecule has 0 bridgehead atoms. The van der Waals surface area contributed by atoms with E-state index in [0.717, 1.165) is 67.8 Å². The summed E-state index contributed by atoms with van der Waals surface area (Å²) in [4.78, 5) is 12.3. The van der Waals surface area contributed by atoms with Gasteiger partial charge in [0.1, 0.15) is 0 Å². The van der Waals surface area contributed by atoms with Gasteiger partial charge < -0.3 is 18.9 Å². The predicted molar refractivity (Wildman–Crippen MR) is 133 cm³/mol. The summed E-state index contributed by atoms with van der Waals surface area (Å²) in [7, 11) is 0. The Hall–Kier alpha value is -2.53. The Morgan fingerprint density at radius 3 is 1.88 bits per heavy atom. The second-order valence-corrected chi connectivity index (χ2v) is 8.10. The van der Waals surface area contributed by atoms with Gasteiger partial charge in [-0.2, -0.15) is 0 Å². The van der Waals surface area contributed by atoms with E-state index in [2.05, 4.69) is 20.8 Å². The van der Waals surface area contributed by atoms with Crippen LogP contribution in [0.4, 0.5) is 0 Å². The Morgan fingerprint density at radius 2 is 1.21 bits per heavy atom. The zero-order valence-electron chi connectivity index (χ0n) is 20.6. The topological polar surface area (TPSA) is 54.0 Å². The zero-order chi connectivity index (χ0) is 23.7. The highest BCUT2D eigenvalue weighted by Gasteiger charge is 2.11. The van der Waals surface area contributed by atoms with Crippen LogP contribution in [-0.4, -0.2) is 39.0 Å². The lowest BCUT2D eigenvalue weighted by atomic mass is 10.0. The summed E-state index contributed by atoms with van der Waals surface area (Å²) < 4.78 is 22.8. The van der Waals surface area contributed by atoms with Crippen molar-refractivity contribution in [1.29, 1.82) is 0 Å². The van der Waals surface area contributed by atoms with Gasteiger partial charge in [-0.05, 0) is 54.7 Å². The predicted octanol–water partition coefficient (Wildman–Crippen LogP) is 7.08. The summed E-state index contributed by atoms with van der Waals surface area (Å²) in [6.45, 7) is 9.52. The fourth-order valence-electron chi connectivity index (χ4n) is 3.13. The first-order valence-electron chi connectivity index (χ1n) is 12.4. The molecule has 0 aliphatic heterocycles. The molecule has 0 radical (unpaired) electrons. The molecule has 5 nitrogen and oxygen atoms in total. The molecule has 2 rings (SSSR count). The van der Waals surface area contributed by atoms with E-state index < -0.39 is 0 Å².